The third-order valence-corrected chi connectivity index (χ3v) is 5.17. The van der Waals surface area contributed by atoms with Crippen molar-refractivity contribution < 1.29 is 9.50 Å². The molecular formula is C17H25ClFNO. The van der Waals surface area contributed by atoms with E-state index in [2.05, 4.69) is 18.7 Å². The monoisotopic (exact) mass is 313 g/mol. The summed E-state index contributed by atoms with van der Waals surface area (Å²) < 4.78 is 13.9. The van der Waals surface area contributed by atoms with Crippen LogP contribution in [0.2, 0.25) is 5.02 Å². The average molecular weight is 314 g/mol. The Kier molecular flexibility index (Phi) is 5.64. The highest BCUT2D eigenvalue weighted by molar-refractivity contribution is 6.30. The Bertz CT molecular complexity index is 476. The van der Waals surface area contributed by atoms with Gasteiger partial charge in [-0.15, -0.1) is 0 Å². The molecule has 1 heterocycles. The lowest BCUT2D eigenvalue weighted by Crippen LogP contribution is -2.56. The number of piperidine rings is 1. The second-order valence-electron chi connectivity index (χ2n) is 6.21. The molecule has 1 aliphatic heterocycles. The summed E-state index contributed by atoms with van der Waals surface area (Å²) in [6, 6.07) is 4.53. The molecule has 1 saturated heterocycles. The number of benzene rings is 1. The molecule has 2 rings (SSSR count). The maximum atomic E-state index is 13.9. The zero-order chi connectivity index (χ0) is 15.5. The van der Waals surface area contributed by atoms with Gasteiger partial charge < -0.3 is 5.11 Å². The Balaban J connectivity index is 2.15. The molecule has 0 spiro atoms. The van der Waals surface area contributed by atoms with Crippen LogP contribution in [0, 0.1) is 5.82 Å². The first-order chi connectivity index (χ1) is 9.97. The van der Waals surface area contributed by atoms with Crippen LogP contribution in [0.5, 0.6) is 0 Å². The Morgan fingerprint density at radius 2 is 2.00 bits per heavy atom. The number of halogens is 2. The highest BCUT2D eigenvalue weighted by Gasteiger charge is 2.38. The number of hydrogen-bond donors (Lipinski definition) is 1. The van der Waals surface area contributed by atoms with Crippen molar-refractivity contribution in [2.24, 2.45) is 0 Å². The molecule has 2 atom stereocenters. The van der Waals surface area contributed by atoms with Gasteiger partial charge in [-0.2, -0.15) is 0 Å². The van der Waals surface area contributed by atoms with Crippen molar-refractivity contribution in [3.8, 4) is 0 Å². The van der Waals surface area contributed by atoms with Crippen molar-refractivity contribution in [3.63, 3.8) is 0 Å². The number of rotatable bonds is 5. The summed E-state index contributed by atoms with van der Waals surface area (Å²) in [5.74, 6) is -0.296. The molecule has 118 valence electrons. The predicted molar refractivity (Wildman–Crippen MR) is 85.2 cm³/mol. The molecule has 1 aromatic rings. The molecule has 2 nitrogen and oxygen atoms in total. The molecule has 0 bridgehead atoms. The van der Waals surface area contributed by atoms with Crippen LogP contribution in [-0.4, -0.2) is 34.7 Å². The van der Waals surface area contributed by atoms with Crippen molar-refractivity contribution >= 4 is 11.6 Å². The zero-order valence-corrected chi connectivity index (χ0v) is 13.7. The standard InChI is InChI=1S/C17H25ClFNO/c1-3-17(2,20-9-5-4-6-10-20)16(21)12-13-11-14(18)7-8-15(13)19/h7-8,11,16,21H,3-6,9-10,12H2,1-2H3. The van der Waals surface area contributed by atoms with Crippen LogP contribution in [0.1, 0.15) is 45.1 Å². The lowest BCUT2D eigenvalue weighted by atomic mass is 9.84. The maximum Gasteiger partial charge on any atom is 0.126 e. The second kappa shape index (κ2) is 7.08. The molecule has 0 aliphatic carbocycles. The fraction of sp³-hybridized carbons (Fsp3) is 0.647. The van der Waals surface area contributed by atoms with Crippen LogP contribution in [0.15, 0.2) is 18.2 Å². The number of hydrogen-bond acceptors (Lipinski definition) is 2. The quantitative estimate of drug-likeness (QED) is 0.887. The smallest absolute Gasteiger partial charge is 0.126 e. The van der Waals surface area contributed by atoms with Crippen LogP contribution < -0.4 is 0 Å². The number of aliphatic hydroxyl groups is 1. The van der Waals surface area contributed by atoms with E-state index in [-0.39, 0.29) is 11.4 Å². The summed E-state index contributed by atoms with van der Waals surface area (Å²) in [5.41, 5.74) is 0.182. The Labute approximate surface area is 131 Å². The largest absolute Gasteiger partial charge is 0.391 e. The van der Waals surface area contributed by atoms with E-state index in [0.29, 0.717) is 17.0 Å². The molecule has 2 unspecified atom stereocenters. The van der Waals surface area contributed by atoms with Gasteiger partial charge in [0, 0.05) is 17.0 Å². The minimum Gasteiger partial charge on any atom is -0.391 e. The summed E-state index contributed by atoms with van der Waals surface area (Å²) in [4.78, 5) is 2.36. The number of aliphatic hydroxyl groups excluding tert-OH is 1. The summed E-state index contributed by atoms with van der Waals surface area (Å²) in [6.45, 7) is 6.20. The Morgan fingerprint density at radius 1 is 1.33 bits per heavy atom. The predicted octanol–water partition coefficient (Wildman–Crippen LogP) is 4.04. The summed E-state index contributed by atoms with van der Waals surface area (Å²) in [7, 11) is 0. The highest BCUT2D eigenvalue weighted by Crippen LogP contribution is 2.30. The van der Waals surface area contributed by atoms with E-state index in [4.69, 9.17) is 11.6 Å². The van der Waals surface area contributed by atoms with Crippen molar-refractivity contribution in [2.75, 3.05) is 13.1 Å². The first-order valence-corrected chi connectivity index (χ1v) is 8.22. The van der Waals surface area contributed by atoms with Gasteiger partial charge in [0.15, 0.2) is 0 Å². The van der Waals surface area contributed by atoms with Gasteiger partial charge in [0.1, 0.15) is 5.82 Å². The first-order valence-electron chi connectivity index (χ1n) is 7.84. The maximum absolute atomic E-state index is 13.9. The molecule has 0 amide bonds. The first kappa shape index (κ1) is 16.7. The molecule has 0 radical (unpaired) electrons. The second-order valence-corrected chi connectivity index (χ2v) is 6.65. The van der Waals surface area contributed by atoms with E-state index in [0.717, 1.165) is 19.5 Å². The van der Waals surface area contributed by atoms with Crippen molar-refractivity contribution in [2.45, 2.75) is 57.6 Å². The molecule has 21 heavy (non-hydrogen) atoms. The molecule has 0 aromatic heterocycles. The molecule has 1 fully saturated rings. The lowest BCUT2D eigenvalue weighted by Gasteiger charge is -2.46. The normalized spacial score (nSPS) is 21.0. The molecular weight excluding hydrogens is 289 g/mol. The van der Waals surface area contributed by atoms with Crippen LogP contribution in [0.3, 0.4) is 0 Å². The van der Waals surface area contributed by atoms with E-state index in [1.807, 2.05) is 0 Å². The van der Waals surface area contributed by atoms with Gasteiger partial charge in [-0.1, -0.05) is 24.9 Å². The van der Waals surface area contributed by atoms with Gasteiger partial charge in [0.05, 0.1) is 6.10 Å². The average Bonchev–Trinajstić information content (AvgIpc) is 2.51. The number of likely N-dealkylation sites (tertiary alicyclic amines) is 1. The van der Waals surface area contributed by atoms with Gasteiger partial charge in [-0.05, 0) is 63.0 Å². The summed E-state index contributed by atoms with van der Waals surface area (Å²) in [6.07, 6.45) is 4.15. The van der Waals surface area contributed by atoms with Crippen molar-refractivity contribution in [3.05, 3.63) is 34.6 Å². The van der Waals surface area contributed by atoms with E-state index in [9.17, 15) is 9.50 Å². The molecule has 1 aliphatic rings. The minimum atomic E-state index is -0.603. The summed E-state index contributed by atoms with van der Waals surface area (Å²) >= 11 is 5.94. The van der Waals surface area contributed by atoms with Gasteiger partial charge in [-0.3, -0.25) is 4.90 Å². The van der Waals surface area contributed by atoms with Crippen LogP contribution in [0.4, 0.5) is 4.39 Å². The fourth-order valence-electron chi connectivity index (χ4n) is 3.20. The third kappa shape index (κ3) is 3.77. The number of nitrogens with zero attached hydrogens (tertiary/aromatic N) is 1. The molecule has 1 aromatic carbocycles. The summed E-state index contributed by atoms with van der Waals surface area (Å²) in [5, 5.41) is 11.2. The Hall–Kier alpha value is -0.640. The van der Waals surface area contributed by atoms with Gasteiger partial charge in [0.25, 0.3) is 0 Å². The topological polar surface area (TPSA) is 23.5 Å². The Morgan fingerprint density at radius 3 is 2.62 bits per heavy atom. The van der Waals surface area contributed by atoms with E-state index in [1.54, 1.807) is 6.07 Å². The van der Waals surface area contributed by atoms with Crippen LogP contribution >= 0.6 is 11.6 Å². The van der Waals surface area contributed by atoms with E-state index >= 15 is 0 Å². The van der Waals surface area contributed by atoms with E-state index < -0.39 is 6.10 Å². The zero-order valence-electron chi connectivity index (χ0n) is 12.9. The van der Waals surface area contributed by atoms with Gasteiger partial charge in [0.2, 0.25) is 0 Å². The highest BCUT2D eigenvalue weighted by atomic mass is 35.5. The van der Waals surface area contributed by atoms with Crippen LogP contribution in [0.25, 0.3) is 0 Å². The molecule has 1 N–H and O–H groups in total. The lowest BCUT2D eigenvalue weighted by molar-refractivity contribution is -0.0331. The third-order valence-electron chi connectivity index (χ3n) is 4.93. The van der Waals surface area contributed by atoms with Crippen molar-refractivity contribution in [1.82, 2.24) is 4.90 Å². The van der Waals surface area contributed by atoms with Gasteiger partial charge in [-0.25, -0.2) is 4.39 Å². The van der Waals surface area contributed by atoms with Crippen molar-refractivity contribution in [1.29, 1.82) is 0 Å². The van der Waals surface area contributed by atoms with E-state index in [1.165, 1.54) is 31.4 Å². The fourth-order valence-corrected chi connectivity index (χ4v) is 3.40. The minimum absolute atomic E-state index is 0.296. The molecule has 4 heteroatoms. The van der Waals surface area contributed by atoms with Gasteiger partial charge >= 0.3 is 0 Å². The molecule has 0 saturated carbocycles. The van der Waals surface area contributed by atoms with Crippen LogP contribution in [-0.2, 0) is 6.42 Å². The SMILES string of the molecule is CCC(C)(C(O)Cc1cc(Cl)ccc1F)N1CCCCC1.